The smallest absolute Gasteiger partial charge is 0.234 e. The van der Waals surface area contributed by atoms with Gasteiger partial charge in [-0.15, -0.1) is 11.3 Å². The highest BCUT2D eigenvalue weighted by atomic mass is 32.1. The van der Waals surface area contributed by atoms with E-state index in [0.29, 0.717) is 6.54 Å². The van der Waals surface area contributed by atoms with Crippen molar-refractivity contribution < 1.29 is 4.79 Å². The van der Waals surface area contributed by atoms with Gasteiger partial charge in [-0.05, 0) is 61.9 Å². The summed E-state index contributed by atoms with van der Waals surface area (Å²) in [5, 5.41) is 4.45. The van der Waals surface area contributed by atoms with Gasteiger partial charge < -0.3 is 5.32 Å². The summed E-state index contributed by atoms with van der Waals surface area (Å²) in [5.41, 5.74) is 3.75. The minimum Gasteiger partial charge on any atom is -0.348 e. The summed E-state index contributed by atoms with van der Waals surface area (Å²) < 4.78 is 1.23. The van der Waals surface area contributed by atoms with Crippen molar-refractivity contribution in [1.29, 1.82) is 0 Å². The van der Waals surface area contributed by atoms with E-state index in [9.17, 15) is 4.79 Å². The third-order valence-corrected chi connectivity index (χ3v) is 7.15. The lowest BCUT2D eigenvalue weighted by atomic mass is 9.88. The van der Waals surface area contributed by atoms with Crippen molar-refractivity contribution in [3.63, 3.8) is 0 Å². The number of benzene rings is 2. The number of aromatic nitrogens is 1. The molecule has 0 spiro atoms. The van der Waals surface area contributed by atoms with E-state index < -0.39 is 0 Å². The number of para-hydroxylation sites is 1. The van der Waals surface area contributed by atoms with Gasteiger partial charge in [0.15, 0.2) is 0 Å². The fourth-order valence-corrected chi connectivity index (χ4v) is 5.79. The monoisotopic (exact) mass is 391 g/mol. The van der Waals surface area contributed by atoms with Crippen LogP contribution < -0.4 is 5.32 Å². The largest absolute Gasteiger partial charge is 0.348 e. The number of hydrogen-bond acceptors (Lipinski definition) is 4. The van der Waals surface area contributed by atoms with Crippen LogP contribution in [0.25, 0.3) is 10.2 Å². The summed E-state index contributed by atoms with van der Waals surface area (Å²) >= 11 is 1.77. The number of carbonyl (C=O) groups excluding carboxylic acids is 1. The van der Waals surface area contributed by atoms with Gasteiger partial charge in [-0.3, -0.25) is 9.69 Å². The molecule has 0 bridgehead atoms. The molecule has 1 N–H and O–H groups in total. The van der Waals surface area contributed by atoms with Gasteiger partial charge in [0.05, 0.1) is 28.8 Å². The van der Waals surface area contributed by atoms with E-state index in [2.05, 4.69) is 52.7 Å². The molecular weight excluding hydrogens is 366 g/mol. The van der Waals surface area contributed by atoms with Crippen molar-refractivity contribution in [3.05, 3.63) is 64.7 Å². The maximum atomic E-state index is 12.9. The summed E-state index contributed by atoms with van der Waals surface area (Å²) in [6, 6.07) is 17.2. The Hall–Kier alpha value is -2.24. The first kappa shape index (κ1) is 17.8. The molecule has 0 unspecified atom stereocenters. The third kappa shape index (κ3) is 3.45. The first-order valence-electron chi connectivity index (χ1n) is 10.2. The molecule has 1 amide bonds. The van der Waals surface area contributed by atoms with E-state index in [1.807, 2.05) is 6.07 Å². The molecular formula is C23H25N3OS. The number of thiazole rings is 1. The van der Waals surface area contributed by atoms with Crippen LogP contribution in [0, 0.1) is 0 Å². The van der Waals surface area contributed by atoms with Crippen LogP contribution in [0.3, 0.4) is 0 Å². The number of hydrogen-bond donors (Lipinski definition) is 1. The highest BCUT2D eigenvalue weighted by Gasteiger charge is 2.31. The normalized spacial score (nSPS) is 22.3. The Morgan fingerprint density at radius 1 is 1.11 bits per heavy atom. The molecule has 3 aromatic rings. The molecule has 1 aliphatic heterocycles. The number of fused-ring (bicyclic) bond motifs is 2. The van der Waals surface area contributed by atoms with E-state index in [1.165, 1.54) is 15.8 Å². The maximum absolute atomic E-state index is 12.9. The summed E-state index contributed by atoms with van der Waals surface area (Å²) in [4.78, 5) is 20.0. The van der Waals surface area contributed by atoms with Crippen LogP contribution >= 0.6 is 11.3 Å². The lowest BCUT2D eigenvalue weighted by Gasteiger charge is -2.28. The van der Waals surface area contributed by atoms with Crippen LogP contribution in [0.4, 0.5) is 0 Å². The van der Waals surface area contributed by atoms with Crippen LogP contribution in [0.5, 0.6) is 0 Å². The molecule has 2 aliphatic rings. The van der Waals surface area contributed by atoms with Crippen molar-refractivity contribution in [2.75, 3.05) is 13.1 Å². The SMILES string of the molecule is O=C(CN1CCC[C@@H]1c1nc2ccccc2s1)N[C@@H]1CCCc2ccccc21. The molecule has 1 aliphatic carbocycles. The van der Waals surface area contributed by atoms with E-state index in [-0.39, 0.29) is 18.0 Å². The van der Waals surface area contributed by atoms with Gasteiger partial charge in [0.1, 0.15) is 5.01 Å². The number of nitrogens with one attached hydrogen (secondary N) is 1. The van der Waals surface area contributed by atoms with Crippen LogP contribution in [-0.4, -0.2) is 28.9 Å². The van der Waals surface area contributed by atoms with Crippen LogP contribution in [0.1, 0.15) is 53.9 Å². The van der Waals surface area contributed by atoms with Gasteiger partial charge in [0.25, 0.3) is 0 Å². The Balaban J connectivity index is 1.28. The third-order valence-electron chi connectivity index (χ3n) is 6.01. The van der Waals surface area contributed by atoms with Crippen LogP contribution in [0.2, 0.25) is 0 Å². The van der Waals surface area contributed by atoms with Crippen molar-refractivity contribution in [2.45, 2.75) is 44.2 Å². The number of amides is 1. The summed E-state index contributed by atoms with van der Waals surface area (Å²) in [6.07, 6.45) is 5.50. The number of aryl methyl sites for hydroxylation is 1. The Kier molecular flexibility index (Phi) is 4.87. The Morgan fingerprint density at radius 2 is 1.96 bits per heavy atom. The van der Waals surface area contributed by atoms with Crippen molar-refractivity contribution in [2.24, 2.45) is 0 Å². The molecule has 28 heavy (non-hydrogen) atoms. The van der Waals surface area contributed by atoms with Crippen molar-refractivity contribution in [3.8, 4) is 0 Å². The van der Waals surface area contributed by atoms with Crippen molar-refractivity contribution in [1.82, 2.24) is 15.2 Å². The van der Waals surface area contributed by atoms with E-state index in [0.717, 1.165) is 49.2 Å². The molecule has 144 valence electrons. The van der Waals surface area contributed by atoms with E-state index in [1.54, 1.807) is 11.3 Å². The Morgan fingerprint density at radius 3 is 2.89 bits per heavy atom. The minimum atomic E-state index is 0.134. The highest BCUT2D eigenvalue weighted by molar-refractivity contribution is 7.18. The first-order chi connectivity index (χ1) is 13.8. The Labute approximate surface area is 169 Å². The molecule has 0 radical (unpaired) electrons. The zero-order chi connectivity index (χ0) is 18.9. The second-order valence-electron chi connectivity index (χ2n) is 7.86. The average Bonchev–Trinajstić information content (AvgIpc) is 3.34. The molecule has 2 aromatic carbocycles. The zero-order valence-corrected chi connectivity index (χ0v) is 16.8. The van der Waals surface area contributed by atoms with Crippen LogP contribution in [0.15, 0.2) is 48.5 Å². The highest BCUT2D eigenvalue weighted by Crippen LogP contribution is 2.36. The Bertz CT molecular complexity index is 965. The maximum Gasteiger partial charge on any atom is 0.234 e. The number of rotatable bonds is 4. The van der Waals surface area contributed by atoms with Crippen LogP contribution in [-0.2, 0) is 11.2 Å². The lowest BCUT2D eigenvalue weighted by molar-refractivity contribution is -0.123. The minimum absolute atomic E-state index is 0.134. The predicted octanol–water partition coefficient (Wildman–Crippen LogP) is 4.63. The topological polar surface area (TPSA) is 45.2 Å². The standard InChI is InChI=1S/C23H25N3OS/c27-22(24-18-11-5-8-16-7-1-2-9-17(16)18)15-26-14-6-12-20(26)23-25-19-10-3-4-13-21(19)28-23/h1-4,7,9-10,13,18,20H,5-6,8,11-12,14-15H2,(H,24,27)/t18-,20-/m1/s1. The van der Waals surface area contributed by atoms with Gasteiger partial charge in [0.2, 0.25) is 5.91 Å². The van der Waals surface area contributed by atoms with Gasteiger partial charge in [0, 0.05) is 0 Å². The summed E-state index contributed by atoms with van der Waals surface area (Å²) in [5.74, 6) is 0.134. The van der Waals surface area contributed by atoms with E-state index in [4.69, 9.17) is 4.98 Å². The molecule has 1 fully saturated rings. The number of nitrogens with zero attached hydrogens (tertiary/aromatic N) is 2. The lowest BCUT2D eigenvalue weighted by Crippen LogP contribution is -2.39. The van der Waals surface area contributed by atoms with Gasteiger partial charge in [-0.1, -0.05) is 36.4 Å². The molecule has 4 nitrogen and oxygen atoms in total. The zero-order valence-electron chi connectivity index (χ0n) is 15.9. The predicted molar refractivity (Wildman–Crippen MR) is 113 cm³/mol. The molecule has 2 heterocycles. The summed E-state index contributed by atoms with van der Waals surface area (Å²) in [6.45, 7) is 1.43. The molecule has 2 atom stereocenters. The molecule has 1 saturated heterocycles. The van der Waals surface area contributed by atoms with Gasteiger partial charge >= 0.3 is 0 Å². The number of carbonyl (C=O) groups is 1. The fourth-order valence-electron chi connectivity index (χ4n) is 4.66. The molecule has 1 aromatic heterocycles. The quantitative estimate of drug-likeness (QED) is 0.705. The van der Waals surface area contributed by atoms with Gasteiger partial charge in [-0.2, -0.15) is 0 Å². The average molecular weight is 392 g/mol. The molecule has 5 heteroatoms. The number of likely N-dealkylation sites (tertiary alicyclic amines) is 1. The molecule has 5 rings (SSSR count). The van der Waals surface area contributed by atoms with Gasteiger partial charge in [-0.25, -0.2) is 4.98 Å². The first-order valence-corrected chi connectivity index (χ1v) is 11.1. The molecule has 0 saturated carbocycles. The van der Waals surface area contributed by atoms with Crippen molar-refractivity contribution >= 4 is 27.5 Å². The second kappa shape index (κ2) is 7.64. The van der Waals surface area contributed by atoms with E-state index >= 15 is 0 Å². The summed E-state index contributed by atoms with van der Waals surface area (Å²) in [7, 11) is 0. The second-order valence-corrected chi connectivity index (χ2v) is 8.92. The fraction of sp³-hybridized carbons (Fsp3) is 0.391.